The molecular weight excluding hydrogens is 424 g/mol. The molecule has 0 spiro atoms. The molecule has 2 saturated heterocycles. The van der Waals surface area contributed by atoms with Crippen LogP contribution in [0.5, 0.6) is 0 Å². The van der Waals surface area contributed by atoms with Crippen molar-refractivity contribution in [3.05, 3.63) is 17.1 Å². The second-order valence-corrected chi connectivity index (χ2v) is 9.70. The third-order valence-corrected chi connectivity index (χ3v) is 6.17. The molecule has 33 heavy (non-hydrogen) atoms. The van der Waals surface area contributed by atoms with E-state index in [0.717, 1.165) is 50.4 Å². The first-order chi connectivity index (χ1) is 15.7. The van der Waals surface area contributed by atoms with Crippen LogP contribution in [0.1, 0.15) is 70.2 Å². The van der Waals surface area contributed by atoms with Gasteiger partial charge in [0.1, 0.15) is 5.60 Å². The van der Waals surface area contributed by atoms with Gasteiger partial charge in [-0.1, -0.05) is 0 Å². The zero-order valence-corrected chi connectivity index (χ0v) is 20.0. The van der Waals surface area contributed by atoms with Gasteiger partial charge in [-0.05, 0) is 58.1 Å². The molecule has 0 radical (unpaired) electrons. The van der Waals surface area contributed by atoms with Crippen molar-refractivity contribution in [2.75, 3.05) is 38.2 Å². The zero-order valence-electron chi connectivity index (χ0n) is 20.0. The Kier molecular flexibility index (Phi) is 8.01. The van der Waals surface area contributed by atoms with Crippen LogP contribution in [0.4, 0.5) is 10.7 Å². The molecular formula is C24H34N4O5. The molecule has 180 valence electrons. The van der Waals surface area contributed by atoms with Crippen molar-refractivity contribution in [1.29, 1.82) is 0 Å². The second-order valence-electron chi connectivity index (χ2n) is 9.70. The number of amides is 1. The average molecular weight is 459 g/mol. The van der Waals surface area contributed by atoms with Gasteiger partial charge >= 0.3 is 12.1 Å². The van der Waals surface area contributed by atoms with Crippen LogP contribution in [0, 0.1) is 5.92 Å². The summed E-state index contributed by atoms with van der Waals surface area (Å²) in [7, 11) is 1.42. The van der Waals surface area contributed by atoms with Crippen LogP contribution < -0.4 is 4.90 Å². The van der Waals surface area contributed by atoms with Gasteiger partial charge in [-0.2, -0.15) is 0 Å². The molecule has 0 bridgehead atoms. The molecule has 2 fully saturated rings. The summed E-state index contributed by atoms with van der Waals surface area (Å²) in [6.07, 6.45) is 5.04. The number of methoxy groups -OCH3 is 1. The zero-order chi connectivity index (χ0) is 24.0. The molecule has 0 aliphatic carbocycles. The summed E-state index contributed by atoms with van der Waals surface area (Å²) in [6, 6.07) is 0. The number of nitrogens with zero attached hydrogens (tertiary/aromatic N) is 3. The van der Waals surface area contributed by atoms with Crippen molar-refractivity contribution in [2.24, 2.45) is 5.92 Å². The van der Waals surface area contributed by atoms with E-state index in [9.17, 15) is 14.4 Å². The largest absolute Gasteiger partial charge is 0.469 e. The Balaban J connectivity index is 1.67. The predicted octanol–water partition coefficient (Wildman–Crippen LogP) is 3.30. The molecule has 3 heterocycles. The van der Waals surface area contributed by atoms with E-state index in [2.05, 4.69) is 15.6 Å². The van der Waals surface area contributed by atoms with Crippen molar-refractivity contribution in [2.45, 2.75) is 64.4 Å². The standard InChI is InChI=1S/C24H34N4O5/c1-24(2,3)33-23(31)28-13-9-18(10-14-28)21-19(6-5-15-29)25-22(26-21)27-11-7-17(8-12-27)16-20(30)32-4/h6,17-18H,7-14,16H2,1-4H3,(H,25,26). The Hall–Kier alpha value is -3.02. The van der Waals surface area contributed by atoms with Gasteiger partial charge in [0.15, 0.2) is 5.94 Å². The van der Waals surface area contributed by atoms with Crippen molar-refractivity contribution < 1.29 is 23.9 Å². The number of ether oxygens (including phenoxy) is 2. The molecule has 0 saturated carbocycles. The third-order valence-electron chi connectivity index (χ3n) is 6.17. The van der Waals surface area contributed by atoms with E-state index >= 15 is 0 Å². The monoisotopic (exact) mass is 458 g/mol. The highest BCUT2D eigenvalue weighted by Gasteiger charge is 2.30. The van der Waals surface area contributed by atoms with Gasteiger partial charge in [0, 0.05) is 50.3 Å². The van der Waals surface area contributed by atoms with Crippen LogP contribution in [0.3, 0.4) is 0 Å². The lowest BCUT2D eigenvalue weighted by molar-refractivity contribution is -0.141. The molecule has 0 unspecified atom stereocenters. The Morgan fingerprint density at radius 2 is 1.82 bits per heavy atom. The maximum absolute atomic E-state index is 12.4. The summed E-state index contributed by atoms with van der Waals surface area (Å²) in [5.41, 5.74) is 3.60. The van der Waals surface area contributed by atoms with E-state index in [1.165, 1.54) is 7.11 Å². The topological polar surface area (TPSA) is 105 Å². The molecule has 1 aromatic rings. The molecule has 0 aromatic carbocycles. The molecule has 9 nitrogen and oxygen atoms in total. The van der Waals surface area contributed by atoms with Crippen LogP contribution >= 0.6 is 0 Å². The number of carbonyl (C=O) groups excluding carboxylic acids is 3. The van der Waals surface area contributed by atoms with Crippen molar-refractivity contribution in [3.63, 3.8) is 0 Å². The molecule has 9 heteroatoms. The van der Waals surface area contributed by atoms with Crippen LogP contribution in [0.15, 0.2) is 5.73 Å². The van der Waals surface area contributed by atoms with Crippen LogP contribution in [-0.4, -0.2) is 71.8 Å². The normalized spacial score (nSPS) is 17.8. The molecule has 0 atom stereocenters. The molecule has 1 aromatic heterocycles. The fraction of sp³-hybridized carbons (Fsp3) is 0.667. The highest BCUT2D eigenvalue weighted by molar-refractivity contribution is 5.69. The summed E-state index contributed by atoms with van der Waals surface area (Å²) in [6.45, 7) is 8.36. The van der Waals surface area contributed by atoms with Crippen LogP contribution in [-0.2, 0) is 19.1 Å². The number of aromatic amines is 1. The van der Waals surface area contributed by atoms with Crippen LogP contribution in [0.25, 0.3) is 6.08 Å². The summed E-state index contributed by atoms with van der Waals surface area (Å²) in [5.74, 6) is 2.76. The number of esters is 1. The van der Waals surface area contributed by atoms with Gasteiger partial charge in [-0.15, -0.1) is 0 Å². The maximum Gasteiger partial charge on any atom is 0.410 e. The van der Waals surface area contributed by atoms with Gasteiger partial charge < -0.3 is 24.3 Å². The first-order valence-corrected chi connectivity index (χ1v) is 11.6. The average Bonchev–Trinajstić information content (AvgIpc) is 3.21. The Morgan fingerprint density at radius 1 is 1.15 bits per heavy atom. The molecule has 2 aliphatic rings. The number of hydrogen-bond acceptors (Lipinski definition) is 7. The lowest BCUT2D eigenvalue weighted by Crippen LogP contribution is -2.41. The van der Waals surface area contributed by atoms with Crippen LogP contribution in [0.2, 0.25) is 0 Å². The van der Waals surface area contributed by atoms with Gasteiger partial charge in [0.25, 0.3) is 0 Å². The smallest absolute Gasteiger partial charge is 0.410 e. The second kappa shape index (κ2) is 10.7. The lowest BCUT2D eigenvalue weighted by atomic mass is 9.92. The summed E-state index contributed by atoms with van der Waals surface area (Å²) in [5, 5.41) is 0. The number of H-pyrrole nitrogens is 1. The number of rotatable bonds is 5. The third kappa shape index (κ3) is 6.73. The SMILES string of the molecule is COC(=O)CC1CCN(c2nc(C=C=C=O)c(C3CCN(C(=O)OC(C)(C)C)CC3)[nH]2)CC1. The number of hydrogen-bond donors (Lipinski definition) is 1. The fourth-order valence-electron chi connectivity index (χ4n) is 4.40. The quantitative estimate of drug-likeness (QED) is 0.410. The maximum atomic E-state index is 12.4. The van der Waals surface area contributed by atoms with Crippen molar-refractivity contribution >= 4 is 30.0 Å². The van der Waals surface area contributed by atoms with Gasteiger partial charge in [0.2, 0.25) is 5.95 Å². The highest BCUT2D eigenvalue weighted by atomic mass is 16.6. The van der Waals surface area contributed by atoms with E-state index in [0.29, 0.717) is 31.1 Å². The van der Waals surface area contributed by atoms with Crippen molar-refractivity contribution in [3.8, 4) is 0 Å². The first kappa shape index (κ1) is 24.6. The van der Waals surface area contributed by atoms with E-state index in [1.807, 2.05) is 20.8 Å². The predicted molar refractivity (Wildman–Crippen MR) is 124 cm³/mol. The Bertz CT molecular complexity index is 921. The number of carbonyl (C=O) groups is 2. The summed E-state index contributed by atoms with van der Waals surface area (Å²) in [4.78, 5) is 46.8. The number of nitrogens with one attached hydrogen (secondary N) is 1. The minimum Gasteiger partial charge on any atom is -0.469 e. The van der Waals surface area contributed by atoms with Gasteiger partial charge in [-0.3, -0.25) is 4.79 Å². The molecule has 2 aliphatic heterocycles. The Morgan fingerprint density at radius 3 is 2.39 bits per heavy atom. The highest BCUT2D eigenvalue weighted by Crippen LogP contribution is 2.33. The van der Waals surface area contributed by atoms with E-state index in [4.69, 9.17) is 14.5 Å². The van der Waals surface area contributed by atoms with Crippen molar-refractivity contribution in [1.82, 2.24) is 14.9 Å². The number of likely N-dealkylation sites (tertiary alicyclic amines) is 1. The van der Waals surface area contributed by atoms with E-state index < -0.39 is 5.60 Å². The minimum atomic E-state index is -0.518. The number of aromatic nitrogens is 2. The summed E-state index contributed by atoms with van der Waals surface area (Å²) >= 11 is 0. The number of piperidine rings is 2. The molecule has 3 rings (SSSR count). The first-order valence-electron chi connectivity index (χ1n) is 11.6. The summed E-state index contributed by atoms with van der Waals surface area (Å²) < 4.78 is 10.3. The van der Waals surface area contributed by atoms with E-state index in [1.54, 1.807) is 16.9 Å². The van der Waals surface area contributed by atoms with E-state index in [-0.39, 0.29) is 18.0 Å². The minimum absolute atomic E-state index is 0.167. The van der Waals surface area contributed by atoms with Gasteiger partial charge in [0.05, 0.1) is 12.8 Å². The number of anilines is 1. The fourth-order valence-corrected chi connectivity index (χ4v) is 4.40. The molecule has 1 amide bonds. The molecule has 1 N–H and O–H groups in total. The Labute approximate surface area is 194 Å². The number of imidazole rings is 1. The lowest BCUT2D eigenvalue weighted by Gasteiger charge is -2.33. The van der Waals surface area contributed by atoms with Gasteiger partial charge in [-0.25, -0.2) is 14.6 Å².